The first-order valence-electron chi connectivity index (χ1n) is 5.03. The van der Waals surface area contributed by atoms with Crippen LogP contribution in [-0.4, -0.2) is 12.6 Å². The van der Waals surface area contributed by atoms with Crippen molar-refractivity contribution >= 4 is 5.97 Å². The van der Waals surface area contributed by atoms with Gasteiger partial charge in [-0.25, -0.2) is 0 Å². The quantitative estimate of drug-likeness (QED) is 0.782. The van der Waals surface area contributed by atoms with E-state index in [-0.39, 0.29) is 12.6 Å². The van der Waals surface area contributed by atoms with Crippen LogP contribution in [0.3, 0.4) is 0 Å². The fourth-order valence-electron chi connectivity index (χ4n) is 1.59. The molecule has 4 heteroatoms. The number of ether oxygens (including phenoxy) is 1. The second-order valence-corrected chi connectivity index (χ2v) is 3.59. The number of hydrogen-bond donors (Lipinski definition) is 1. The summed E-state index contributed by atoms with van der Waals surface area (Å²) in [7, 11) is 0. The number of hydrogen-bond acceptors (Lipinski definition) is 4. The van der Waals surface area contributed by atoms with Crippen LogP contribution in [-0.2, 0) is 20.0 Å². The van der Waals surface area contributed by atoms with Crippen molar-refractivity contribution in [2.24, 2.45) is 0 Å². The Balaban J connectivity index is 2.23. The van der Waals surface area contributed by atoms with E-state index >= 15 is 0 Å². The maximum absolute atomic E-state index is 10.9. The third-order valence-electron chi connectivity index (χ3n) is 2.41. The lowest BCUT2D eigenvalue weighted by Gasteiger charge is -2.25. The van der Waals surface area contributed by atoms with Crippen LogP contribution in [0.5, 0.6) is 0 Å². The number of esters is 1. The topological polar surface area (TPSA) is 47.6 Å². The average Bonchev–Trinajstić information content (AvgIpc) is 2.78. The predicted octanol–water partition coefficient (Wildman–Crippen LogP) is 1.49. The second-order valence-electron chi connectivity index (χ2n) is 3.59. The average molecular weight is 219 g/mol. The Morgan fingerprint density at radius 3 is 2.75 bits per heavy atom. The zero-order valence-corrected chi connectivity index (χ0v) is 8.97. The van der Waals surface area contributed by atoms with Gasteiger partial charge in [0.15, 0.2) is 5.60 Å². The van der Waals surface area contributed by atoms with E-state index in [0.29, 0.717) is 0 Å². The molecule has 1 unspecified atom stereocenters. The van der Waals surface area contributed by atoms with Crippen molar-refractivity contribution in [3.63, 3.8) is 0 Å². The molecule has 84 valence electrons. The fraction of sp³-hybridized carbons (Fsp3) is 0.250. The summed E-state index contributed by atoms with van der Waals surface area (Å²) in [4.78, 5) is 16.3. The molecule has 1 aromatic carbocycles. The SMILES string of the molecule is CC(=O)OCC1(c2ccccc2)C=CNO1. The van der Waals surface area contributed by atoms with Gasteiger partial charge in [0.2, 0.25) is 0 Å². The molecule has 0 saturated carbocycles. The molecule has 0 radical (unpaired) electrons. The first-order chi connectivity index (χ1) is 7.73. The second kappa shape index (κ2) is 4.37. The van der Waals surface area contributed by atoms with Gasteiger partial charge in [-0.15, -0.1) is 0 Å². The van der Waals surface area contributed by atoms with Crippen molar-refractivity contribution in [3.05, 3.63) is 48.2 Å². The molecule has 1 N–H and O–H groups in total. The Morgan fingerprint density at radius 1 is 1.44 bits per heavy atom. The summed E-state index contributed by atoms with van der Waals surface area (Å²) in [5.41, 5.74) is 2.89. The van der Waals surface area contributed by atoms with Crippen molar-refractivity contribution in [3.8, 4) is 0 Å². The smallest absolute Gasteiger partial charge is 0.302 e. The molecule has 0 aromatic heterocycles. The van der Waals surface area contributed by atoms with Crippen LogP contribution in [0.1, 0.15) is 12.5 Å². The maximum Gasteiger partial charge on any atom is 0.302 e. The van der Waals surface area contributed by atoms with Crippen LogP contribution in [0.15, 0.2) is 42.6 Å². The lowest BCUT2D eigenvalue weighted by atomic mass is 9.95. The number of hydroxylamine groups is 1. The first kappa shape index (κ1) is 10.7. The number of carbonyl (C=O) groups excluding carboxylic acids is 1. The molecular formula is C12H13NO3. The molecule has 1 aromatic rings. The molecule has 0 aliphatic carbocycles. The monoisotopic (exact) mass is 219 g/mol. The Labute approximate surface area is 93.8 Å². The minimum atomic E-state index is -0.715. The van der Waals surface area contributed by atoms with Gasteiger partial charge in [0.1, 0.15) is 6.61 Å². The van der Waals surface area contributed by atoms with E-state index in [4.69, 9.17) is 9.57 Å². The summed E-state index contributed by atoms with van der Waals surface area (Å²) in [6.07, 6.45) is 3.53. The molecule has 1 aliphatic rings. The zero-order valence-electron chi connectivity index (χ0n) is 8.97. The van der Waals surface area contributed by atoms with Gasteiger partial charge in [0.05, 0.1) is 0 Å². The van der Waals surface area contributed by atoms with E-state index in [2.05, 4.69) is 5.48 Å². The third kappa shape index (κ3) is 2.06. The largest absolute Gasteiger partial charge is 0.462 e. The zero-order chi connectivity index (χ0) is 11.4. The highest BCUT2D eigenvalue weighted by atomic mass is 16.7. The van der Waals surface area contributed by atoms with Crippen LogP contribution < -0.4 is 5.48 Å². The standard InChI is InChI=1S/C12H13NO3/c1-10(14)15-9-12(7-8-13-16-12)11-5-3-2-4-6-11/h2-8,13H,9H2,1H3. The minimum absolute atomic E-state index is 0.163. The van der Waals surface area contributed by atoms with Gasteiger partial charge in [-0.3, -0.25) is 15.1 Å². The molecule has 1 aliphatic heterocycles. The molecule has 4 nitrogen and oxygen atoms in total. The van der Waals surface area contributed by atoms with E-state index < -0.39 is 5.60 Å². The van der Waals surface area contributed by atoms with E-state index in [9.17, 15) is 4.79 Å². The van der Waals surface area contributed by atoms with E-state index in [0.717, 1.165) is 5.56 Å². The summed E-state index contributed by atoms with van der Waals surface area (Å²) in [5.74, 6) is -0.320. The molecule has 1 heterocycles. The maximum atomic E-state index is 10.9. The molecule has 0 fully saturated rings. The number of rotatable bonds is 3. The summed E-state index contributed by atoms with van der Waals surface area (Å²) >= 11 is 0. The van der Waals surface area contributed by atoms with Crippen molar-refractivity contribution in [1.29, 1.82) is 0 Å². The molecular weight excluding hydrogens is 206 g/mol. The lowest BCUT2D eigenvalue weighted by Crippen LogP contribution is -2.33. The van der Waals surface area contributed by atoms with Gasteiger partial charge in [-0.1, -0.05) is 30.3 Å². The summed E-state index contributed by atoms with van der Waals surface area (Å²) in [6.45, 7) is 1.54. The van der Waals surface area contributed by atoms with Gasteiger partial charge in [-0.2, -0.15) is 0 Å². The molecule has 0 saturated heterocycles. The Morgan fingerprint density at radius 2 is 2.19 bits per heavy atom. The molecule has 1 atom stereocenters. The molecule has 2 rings (SSSR count). The fourth-order valence-corrected chi connectivity index (χ4v) is 1.59. The number of nitrogens with one attached hydrogen (secondary N) is 1. The van der Waals surface area contributed by atoms with Crippen molar-refractivity contribution < 1.29 is 14.4 Å². The van der Waals surface area contributed by atoms with Crippen LogP contribution >= 0.6 is 0 Å². The first-order valence-corrected chi connectivity index (χ1v) is 5.03. The summed E-state index contributed by atoms with van der Waals surface area (Å²) in [6, 6.07) is 9.62. The van der Waals surface area contributed by atoms with Crippen molar-refractivity contribution in [2.75, 3.05) is 6.61 Å². The molecule has 16 heavy (non-hydrogen) atoms. The van der Waals surface area contributed by atoms with E-state index in [1.165, 1.54) is 6.92 Å². The molecule has 0 spiro atoms. The van der Waals surface area contributed by atoms with Gasteiger partial charge in [-0.05, 0) is 11.6 Å². The highest BCUT2D eigenvalue weighted by molar-refractivity contribution is 5.66. The summed E-state index contributed by atoms with van der Waals surface area (Å²) in [5, 5.41) is 0. The number of carbonyl (C=O) groups is 1. The Bertz CT molecular complexity index is 402. The normalized spacial score (nSPS) is 22.8. The van der Waals surface area contributed by atoms with Gasteiger partial charge < -0.3 is 4.74 Å². The van der Waals surface area contributed by atoms with Crippen LogP contribution in [0, 0.1) is 0 Å². The molecule has 0 amide bonds. The van der Waals surface area contributed by atoms with Crippen LogP contribution in [0.4, 0.5) is 0 Å². The van der Waals surface area contributed by atoms with Crippen LogP contribution in [0.25, 0.3) is 0 Å². The van der Waals surface area contributed by atoms with Gasteiger partial charge in [0, 0.05) is 13.1 Å². The van der Waals surface area contributed by atoms with Gasteiger partial charge >= 0.3 is 5.97 Å². The Hall–Kier alpha value is -1.81. The van der Waals surface area contributed by atoms with E-state index in [1.807, 2.05) is 36.4 Å². The molecule has 0 bridgehead atoms. The summed E-state index contributed by atoms with van der Waals surface area (Å²) < 4.78 is 5.03. The van der Waals surface area contributed by atoms with E-state index in [1.54, 1.807) is 6.20 Å². The predicted molar refractivity (Wildman–Crippen MR) is 58.1 cm³/mol. The third-order valence-corrected chi connectivity index (χ3v) is 2.41. The highest BCUT2D eigenvalue weighted by Gasteiger charge is 2.35. The minimum Gasteiger partial charge on any atom is -0.462 e. The highest BCUT2D eigenvalue weighted by Crippen LogP contribution is 2.29. The van der Waals surface area contributed by atoms with Gasteiger partial charge in [0.25, 0.3) is 0 Å². The number of benzene rings is 1. The van der Waals surface area contributed by atoms with Crippen LogP contribution in [0.2, 0.25) is 0 Å². The lowest BCUT2D eigenvalue weighted by molar-refractivity contribution is -0.152. The van der Waals surface area contributed by atoms with Crippen molar-refractivity contribution in [1.82, 2.24) is 5.48 Å². The Kier molecular flexibility index (Phi) is 2.92. The van der Waals surface area contributed by atoms with Crippen molar-refractivity contribution in [2.45, 2.75) is 12.5 Å².